The molecule has 2 nitrogen and oxygen atoms in total. The van der Waals surface area contributed by atoms with E-state index in [2.05, 4.69) is 30.3 Å². The zero-order valence-corrected chi connectivity index (χ0v) is 9.77. The van der Waals surface area contributed by atoms with Crippen molar-refractivity contribution in [2.45, 2.75) is 31.7 Å². The first kappa shape index (κ1) is 11.6. The third-order valence-electron chi connectivity index (χ3n) is 3.48. The maximum absolute atomic E-state index is 6.24. The number of benzene rings is 1. The van der Waals surface area contributed by atoms with E-state index in [4.69, 9.17) is 10.5 Å². The maximum atomic E-state index is 6.24. The highest BCUT2D eigenvalue weighted by Crippen LogP contribution is 2.20. The van der Waals surface area contributed by atoms with Crippen LogP contribution in [-0.2, 0) is 11.2 Å². The Morgan fingerprint density at radius 3 is 2.56 bits per heavy atom. The second-order valence-electron chi connectivity index (χ2n) is 4.64. The molecule has 1 atom stereocenters. The van der Waals surface area contributed by atoms with Crippen molar-refractivity contribution in [2.75, 3.05) is 13.2 Å². The van der Waals surface area contributed by atoms with Gasteiger partial charge in [0.2, 0.25) is 0 Å². The summed E-state index contributed by atoms with van der Waals surface area (Å²) < 4.78 is 5.36. The van der Waals surface area contributed by atoms with Crippen molar-refractivity contribution < 1.29 is 4.74 Å². The molecule has 0 aromatic heterocycles. The highest BCUT2D eigenvalue weighted by atomic mass is 16.5. The van der Waals surface area contributed by atoms with Gasteiger partial charge < -0.3 is 10.5 Å². The van der Waals surface area contributed by atoms with Gasteiger partial charge in [-0.15, -0.1) is 0 Å². The summed E-state index contributed by atoms with van der Waals surface area (Å²) in [6.07, 6.45) is 4.46. The molecule has 0 bridgehead atoms. The Hall–Kier alpha value is -0.860. The van der Waals surface area contributed by atoms with Crippen molar-refractivity contribution in [3.05, 3.63) is 35.9 Å². The van der Waals surface area contributed by atoms with Crippen LogP contribution in [0.25, 0.3) is 0 Å². The molecule has 1 unspecified atom stereocenters. The zero-order valence-electron chi connectivity index (χ0n) is 9.77. The van der Waals surface area contributed by atoms with Gasteiger partial charge in [0.1, 0.15) is 0 Å². The Morgan fingerprint density at radius 1 is 1.19 bits per heavy atom. The van der Waals surface area contributed by atoms with Gasteiger partial charge in [-0.05, 0) is 37.2 Å². The molecule has 2 N–H and O–H groups in total. The van der Waals surface area contributed by atoms with Crippen LogP contribution in [0.3, 0.4) is 0 Å². The van der Waals surface area contributed by atoms with Gasteiger partial charge in [0, 0.05) is 19.3 Å². The third-order valence-corrected chi connectivity index (χ3v) is 3.48. The Labute approximate surface area is 97.8 Å². The van der Waals surface area contributed by atoms with Gasteiger partial charge >= 0.3 is 0 Å². The van der Waals surface area contributed by atoms with Gasteiger partial charge in [-0.1, -0.05) is 30.3 Å². The summed E-state index contributed by atoms with van der Waals surface area (Å²) in [5, 5.41) is 0. The lowest BCUT2D eigenvalue weighted by Crippen LogP contribution is -2.34. The minimum Gasteiger partial charge on any atom is -0.381 e. The van der Waals surface area contributed by atoms with Crippen LogP contribution >= 0.6 is 0 Å². The van der Waals surface area contributed by atoms with Crippen molar-refractivity contribution in [2.24, 2.45) is 11.7 Å². The van der Waals surface area contributed by atoms with E-state index in [0.29, 0.717) is 12.0 Å². The first-order chi connectivity index (χ1) is 7.86. The minimum atomic E-state index is 0.337. The molecule has 1 saturated heterocycles. The van der Waals surface area contributed by atoms with Crippen molar-refractivity contribution >= 4 is 0 Å². The predicted molar refractivity (Wildman–Crippen MR) is 66.3 cm³/mol. The van der Waals surface area contributed by atoms with Crippen LogP contribution < -0.4 is 5.73 Å². The van der Waals surface area contributed by atoms with E-state index in [1.165, 1.54) is 5.56 Å². The average Bonchev–Trinajstić information content (AvgIpc) is 2.38. The predicted octanol–water partition coefficient (Wildman–Crippen LogP) is 2.37. The van der Waals surface area contributed by atoms with Gasteiger partial charge in [0.25, 0.3) is 0 Å². The van der Waals surface area contributed by atoms with Crippen molar-refractivity contribution in [1.29, 1.82) is 0 Å². The van der Waals surface area contributed by atoms with Crippen molar-refractivity contribution in [3.63, 3.8) is 0 Å². The first-order valence-electron chi connectivity index (χ1n) is 6.23. The Balaban J connectivity index is 1.76. The van der Waals surface area contributed by atoms with E-state index in [0.717, 1.165) is 38.9 Å². The topological polar surface area (TPSA) is 35.2 Å². The molecule has 1 aliphatic heterocycles. The van der Waals surface area contributed by atoms with Gasteiger partial charge in [0.05, 0.1) is 0 Å². The minimum absolute atomic E-state index is 0.337. The lowest BCUT2D eigenvalue weighted by molar-refractivity contribution is 0.0576. The normalized spacial score (nSPS) is 19.6. The average molecular weight is 219 g/mol. The van der Waals surface area contributed by atoms with Crippen LogP contribution in [-0.4, -0.2) is 19.3 Å². The number of ether oxygens (including phenoxy) is 1. The molecular weight excluding hydrogens is 198 g/mol. The smallest absolute Gasteiger partial charge is 0.0469 e. The maximum Gasteiger partial charge on any atom is 0.0469 e. The van der Waals surface area contributed by atoms with E-state index in [9.17, 15) is 0 Å². The SMILES string of the molecule is NC(CCc1ccccc1)C1CCOCC1. The summed E-state index contributed by atoms with van der Waals surface area (Å²) in [6, 6.07) is 10.9. The molecule has 0 spiro atoms. The molecule has 0 amide bonds. The zero-order chi connectivity index (χ0) is 11.2. The molecule has 0 radical (unpaired) electrons. The number of hydrogen-bond donors (Lipinski definition) is 1. The summed E-state index contributed by atoms with van der Waals surface area (Å²) in [7, 11) is 0. The van der Waals surface area contributed by atoms with E-state index >= 15 is 0 Å². The molecule has 0 saturated carbocycles. The number of aryl methyl sites for hydroxylation is 1. The highest BCUT2D eigenvalue weighted by Gasteiger charge is 2.20. The molecule has 0 aliphatic carbocycles. The molecule has 2 rings (SSSR count). The molecule has 88 valence electrons. The summed E-state index contributed by atoms with van der Waals surface area (Å²) in [4.78, 5) is 0. The second kappa shape index (κ2) is 6.02. The fourth-order valence-corrected chi connectivity index (χ4v) is 2.36. The molecule has 1 aliphatic rings. The van der Waals surface area contributed by atoms with E-state index < -0.39 is 0 Å². The largest absolute Gasteiger partial charge is 0.381 e. The summed E-state index contributed by atoms with van der Waals surface area (Å²) in [5.74, 6) is 0.664. The molecule has 1 aromatic rings. The quantitative estimate of drug-likeness (QED) is 0.843. The van der Waals surface area contributed by atoms with Crippen LogP contribution in [0.4, 0.5) is 0 Å². The number of rotatable bonds is 4. The highest BCUT2D eigenvalue weighted by molar-refractivity contribution is 5.14. The standard InChI is InChI=1S/C14H21NO/c15-14(13-8-10-16-11-9-13)7-6-12-4-2-1-3-5-12/h1-5,13-14H,6-11,15H2. The van der Waals surface area contributed by atoms with Crippen LogP contribution in [0, 0.1) is 5.92 Å². The molecule has 2 heteroatoms. The second-order valence-corrected chi connectivity index (χ2v) is 4.64. The molecule has 1 fully saturated rings. The summed E-state index contributed by atoms with van der Waals surface area (Å²) in [5.41, 5.74) is 7.63. The van der Waals surface area contributed by atoms with Gasteiger partial charge in [-0.25, -0.2) is 0 Å². The molecular formula is C14H21NO. The van der Waals surface area contributed by atoms with Crippen LogP contribution in [0.15, 0.2) is 30.3 Å². The molecule has 1 aromatic carbocycles. The van der Waals surface area contributed by atoms with E-state index in [-0.39, 0.29) is 0 Å². The van der Waals surface area contributed by atoms with Gasteiger partial charge in [-0.3, -0.25) is 0 Å². The van der Waals surface area contributed by atoms with Crippen LogP contribution in [0.2, 0.25) is 0 Å². The Kier molecular flexibility index (Phi) is 4.37. The fraction of sp³-hybridized carbons (Fsp3) is 0.571. The van der Waals surface area contributed by atoms with E-state index in [1.807, 2.05) is 0 Å². The van der Waals surface area contributed by atoms with Gasteiger partial charge in [0.15, 0.2) is 0 Å². The summed E-state index contributed by atoms with van der Waals surface area (Å²) in [6.45, 7) is 1.79. The van der Waals surface area contributed by atoms with Gasteiger partial charge in [-0.2, -0.15) is 0 Å². The lowest BCUT2D eigenvalue weighted by atomic mass is 9.89. The van der Waals surface area contributed by atoms with Crippen LogP contribution in [0.5, 0.6) is 0 Å². The first-order valence-corrected chi connectivity index (χ1v) is 6.23. The third kappa shape index (κ3) is 3.32. The number of nitrogens with two attached hydrogens (primary N) is 1. The van der Waals surface area contributed by atoms with Crippen molar-refractivity contribution in [3.8, 4) is 0 Å². The lowest BCUT2D eigenvalue weighted by Gasteiger charge is -2.27. The monoisotopic (exact) mass is 219 g/mol. The molecule has 16 heavy (non-hydrogen) atoms. The van der Waals surface area contributed by atoms with Crippen LogP contribution in [0.1, 0.15) is 24.8 Å². The molecule has 1 heterocycles. The number of hydrogen-bond acceptors (Lipinski definition) is 2. The van der Waals surface area contributed by atoms with E-state index in [1.54, 1.807) is 0 Å². The van der Waals surface area contributed by atoms with Crippen molar-refractivity contribution in [1.82, 2.24) is 0 Å². The summed E-state index contributed by atoms with van der Waals surface area (Å²) >= 11 is 0. The Bertz CT molecular complexity index is 293. The fourth-order valence-electron chi connectivity index (χ4n) is 2.36. The Morgan fingerprint density at radius 2 is 1.88 bits per heavy atom.